The summed E-state index contributed by atoms with van der Waals surface area (Å²) in [6, 6.07) is 0. The Labute approximate surface area is 109 Å². The second kappa shape index (κ2) is 5.41. The van der Waals surface area contributed by atoms with Crippen LogP contribution in [0.3, 0.4) is 0 Å². The van der Waals surface area contributed by atoms with Crippen LogP contribution < -0.4 is 5.32 Å². The zero-order valence-corrected chi connectivity index (χ0v) is 11.4. The molecule has 1 aromatic rings. The summed E-state index contributed by atoms with van der Waals surface area (Å²) in [7, 11) is 0. The number of likely N-dealkylation sites (tertiary alicyclic amines) is 1. The molecular formula is C14H24N4. The van der Waals surface area contributed by atoms with Crippen LogP contribution in [0.25, 0.3) is 0 Å². The molecule has 3 heterocycles. The molecule has 100 valence electrons. The molecule has 1 atom stereocenters. The normalized spacial score (nSPS) is 22.1. The van der Waals surface area contributed by atoms with E-state index in [4.69, 9.17) is 0 Å². The van der Waals surface area contributed by atoms with E-state index in [0.717, 1.165) is 32.0 Å². The lowest BCUT2D eigenvalue weighted by molar-refractivity contribution is 0.270. The van der Waals surface area contributed by atoms with Crippen LogP contribution in [-0.2, 0) is 19.5 Å². The SMILES string of the molecule is CC(CN1CCCC1)Cn1cnc2c1CCNC2. The molecular weight excluding hydrogens is 224 g/mol. The van der Waals surface area contributed by atoms with E-state index in [0.29, 0.717) is 0 Å². The van der Waals surface area contributed by atoms with Gasteiger partial charge < -0.3 is 14.8 Å². The van der Waals surface area contributed by atoms with E-state index >= 15 is 0 Å². The molecule has 1 unspecified atom stereocenters. The van der Waals surface area contributed by atoms with Gasteiger partial charge in [-0.15, -0.1) is 0 Å². The predicted octanol–water partition coefficient (Wildman–Crippen LogP) is 1.26. The number of aromatic nitrogens is 2. The lowest BCUT2D eigenvalue weighted by Crippen LogP contribution is -2.29. The van der Waals surface area contributed by atoms with Gasteiger partial charge >= 0.3 is 0 Å². The van der Waals surface area contributed by atoms with Crippen molar-refractivity contribution in [1.82, 2.24) is 19.8 Å². The first-order valence-corrected chi connectivity index (χ1v) is 7.29. The molecule has 2 aliphatic rings. The number of rotatable bonds is 4. The van der Waals surface area contributed by atoms with Crippen LogP contribution in [0.15, 0.2) is 6.33 Å². The molecule has 1 aromatic heterocycles. The summed E-state index contributed by atoms with van der Waals surface area (Å²) >= 11 is 0. The molecule has 1 fully saturated rings. The first kappa shape index (κ1) is 12.2. The van der Waals surface area contributed by atoms with Gasteiger partial charge in [-0.05, 0) is 31.8 Å². The first-order chi connectivity index (χ1) is 8.83. The quantitative estimate of drug-likeness (QED) is 0.871. The molecule has 0 aliphatic carbocycles. The largest absolute Gasteiger partial charge is 0.334 e. The van der Waals surface area contributed by atoms with Crippen molar-refractivity contribution in [1.29, 1.82) is 0 Å². The Morgan fingerprint density at radius 2 is 2.17 bits per heavy atom. The zero-order valence-electron chi connectivity index (χ0n) is 11.4. The highest BCUT2D eigenvalue weighted by Gasteiger charge is 2.18. The summed E-state index contributed by atoms with van der Waals surface area (Å²) in [5.41, 5.74) is 2.72. The minimum atomic E-state index is 0.719. The maximum Gasteiger partial charge on any atom is 0.0952 e. The van der Waals surface area contributed by atoms with E-state index in [9.17, 15) is 0 Å². The lowest BCUT2D eigenvalue weighted by Gasteiger charge is -2.22. The maximum atomic E-state index is 4.53. The number of imidazole rings is 1. The molecule has 1 saturated heterocycles. The second-order valence-corrected chi connectivity index (χ2v) is 5.83. The third-order valence-electron chi connectivity index (χ3n) is 4.14. The van der Waals surface area contributed by atoms with Gasteiger partial charge in [0.25, 0.3) is 0 Å². The summed E-state index contributed by atoms with van der Waals surface area (Å²) in [6.07, 6.45) is 5.95. The number of hydrogen-bond acceptors (Lipinski definition) is 3. The van der Waals surface area contributed by atoms with Crippen LogP contribution in [0.1, 0.15) is 31.2 Å². The predicted molar refractivity (Wildman–Crippen MR) is 72.5 cm³/mol. The number of nitrogens with one attached hydrogen (secondary N) is 1. The minimum Gasteiger partial charge on any atom is -0.334 e. The highest BCUT2D eigenvalue weighted by atomic mass is 15.1. The van der Waals surface area contributed by atoms with Crippen molar-refractivity contribution < 1.29 is 0 Å². The second-order valence-electron chi connectivity index (χ2n) is 5.83. The average molecular weight is 248 g/mol. The molecule has 18 heavy (non-hydrogen) atoms. The van der Waals surface area contributed by atoms with Crippen molar-refractivity contribution in [2.75, 3.05) is 26.2 Å². The summed E-state index contributed by atoms with van der Waals surface area (Å²) in [5.74, 6) is 0.719. The third kappa shape index (κ3) is 2.59. The lowest BCUT2D eigenvalue weighted by atomic mass is 10.1. The van der Waals surface area contributed by atoms with Crippen molar-refractivity contribution in [2.24, 2.45) is 5.92 Å². The molecule has 0 saturated carbocycles. The van der Waals surface area contributed by atoms with Gasteiger partial charge in [0.05, 0.1) is 12.0 Å². The van der Waals surface area contributed by atoms with E-state index in [1.165, 1.54) is 43.9 Å². The summed E-state index contributed by atoms with van der Waals surface area (Å²) in [4.78, 5) is 7.14. The van der Waals surface area contributed by atoms with Gasteiger partial charge in [0.1, 0.15) is 0 Å². The molecule has 4 nitrogen and oxygen atoms in total. The van der Waals surface area contributed by atoms with Gasteiger partial charge in [-0.2, -0.15) is 0 Å². The Hall–Kier alpha value is -0.870. The Morgan fingerprint density at radius 3 is 3.00 bits per heavy atom. The molecule has 4 heteroatoms. The fourth-order valence-corrected chi connectivity index (χ4v) is 3.26. The molecule has 2 aliphatic heterocycles. The molecule has 0 aromatic carbocycles. The maximum absolute atomic E-state index is 4.53. The van der Waals surface area contributed by atoms with Crippen LogP contribution in [-0.4, -0.2) is 40.6 Å². The Balaban J connectivity index is 1.59. The fourth-order valence-electron chi connectivity index (χ4n) is 3.26. The van der Waals surface area contributed by atoms with Gasteiger partial charge in [0.15, 0.2) is 0 Å². The minimum absolute atomic E-state index is 0.719. The first-order valence-electron chi connectivity index (χ1n) is 7.29. The summed E-state index contributed by atoms with van der Waals surface area (Å²) in [6.45, 7) is 9.38. The summed E-state index contributed by atoms with van der Waals surface area (Å²) in [5, 5.41) is 3.38. The monoisotopic (exact) mass is 248 g/mol. The highest BCUT2D eigenvalue weighted by molar-refractivity contribution is 5.16. The Morgan fingerprint density at radius 1 is 1.33 bits per heavy atom. The van der Waals surface area contributed by atoms with E-state index in [1.54, 1.807) is 0 Å². The Kier molecular flexibility index (Phi) is 3.66. The fraction of sp³-hybridized carbons (Fsp3) is 0.786. The van der Waals surface area contributed by atoms with E-state index < -0.39 is 0 Å². The van der Waals surface area contributed by atoms with Crippen molar-refractivity contribution in [3.05, 3.63) is 17.7 Å². The van der Waals surface area contributed by atoms with Gasteiger partial charge in [0, 0.05) is 38.3 Å². The van der Waals surface area contributed by atoms with Crippen LogP contribution in [0.5, 0.6) is 0 Å². The van der Waals surface area contributed by atoms with Crippen molar-refractivity contribution in [3.8, 4) is 0 Å². The van der Waals surface area contributed by atoms with Crippen molar-refractivity contribution in [3.63, 3.8) is 0 Å². The molecule has 0 bridgehead atoms. The van der Waals surface area contributed by atoms with Crippen LogP contribution in [0.2, 0.25) is 0 Å². The molecule has 0 spiro atoms. The van der Waals surface area contributed by atoms with Crippen molar-refractivity contribution in [2.45, 2.75) is 39.3 Å². The molecule has 1 N–H and O–H groups in total. The Bertz CT molecular complexity index is 392. The van der Waals surface area contributed by atoms with Crippen LogP contribution in [0.4, 0.5) is 0 Å². The van der Waals surface area contributed by atoms with Crippen LogP contribution in [0, 0.1) is 5.92 Å². The van der Waals surface area contributed by atoms with Gasteiger partial charge in [-0.25, -0.2) is 4.98 Å². The number of fused-ring (bicyclic) bond motifs is 1. The van der Waals surface area contributed by atoms with E-state index in [2.05, 4.69) is 26.7 Å². The summed E-state index contributed by atoms with van der Waals surface area (Å²) < 4.78 is 2.39. The van der Waals surface area contributed by atoms with E-state index in [1.807, 2.05) is 6.33 Å². The zero-order chi connectivity index (χ0) is 12.4. The van der Waals surface area contributed by atoms with Gasteiger partial charge in [-0.3, -0.25) is 0 Å². The van der Waals surface area contributed by atoms with Crippen LogP contribution >= 0.6 is 0 Å². The standard InChI is InChI=1S/C14H24N4/c1-12(9-17-6-2-3-7-17)10-18-11-16-13-8-15-5-4-14(13)18/h11-12,15H,2-10H2,1H3. The molecule has 3 rings (SSSR count). The molecule has 0 amide bonds. The molecule has 0 radical (unpaired) electrons. The van der Waals surface area contributed by atoms with Crippen molar-refractivity contribution >= 4 is 0 Å². The topological polar surface area (TPSA) is 33.1 Å². The number of hydrogen-bond donors (Lipinski definition) is 1. The van der Waals surface area contributed by atoms with E-state index in [-0.39, 0.29) is 0 Å². The third-order valence-corrected chi connectivity index (χ3v) is 4.14. The smallest absolute Gasteiger partial charge is 0.0952 e. The average Bonchev–Trinajstić information content (AvgIpc) is 3.00. The highest BCUT2D eigenvalue weighted by Crippen LogP contribution is 2.16. The number of nitrogens with zero attached hydrogens (tertiary/aromatic N) is 3. The van der Waals surface area contributed by atoms with Gasteiger partial charge in [0.2, 0.25) is 0 Å². The van der Waals surface area contributed by atoms with Gasteiger partial charge in [-0.1, -0.05) is 6.92 Å².